The Balaban J connectivity index is 3.99. The summed E-state index contributed by atoms with van der Waals surface area (Å²) < 4.78 is 10.8. The van der Waals surface area contributed by atoms with Crippen LogP contribution in [0.2, 0.25) is 0 Å². The van der Waals surface area contributed by atoms with Crippen LogP contribution in [0.5, 0.6) is 0 Å². The Morgan fingerprint density at radius 3 is 1.61 bits per heavy atom. The molecule has 0 amide bonds. The standard InChI is InChI=1S/C24H46O4/c1-4-7-10-12-14-16-19-27-23(25)21-22(18-9-6-3)24(26)28-20-17-15-13-11-8-5-2/h22H,4-21H2,1-3H3. The molecule has 0 aliphatic heterocycles. The maximum atomic E-state index is 12.4. The lowest BCUT2D eigenvalue weighted by atomic mass is 9.98. The van der Waals surface area contributed by atoms with Crippen LogP contribution in [-0.4, -0.2) is 25.2 Å². The highest BCUT2D eigenvalue weighted by molar-refractivity contribution is 5.79. The van der Waals surface area contributed by atoms with Gasteiger partial charge in [-0.05, 0) is 19.3 Å². The second kappa shape index (κ2) is 20.7. The van der Waals surface area contributed by atoms with Crippen molar-refractivity contribution in [1.29, 1.82) is 0 Å². The van der Waals surface area contributed by atoms with E-state index in [1.165, 1.54) is 51.4 Å². The molecule has 0 aromatic rings. The zero-order chi connectivity index (χ0) is 20.9. The molecule has 0 bridgehead atoms. The highest BCUT2D eigenvalue weighted by Gasteiger charge is 2.23. The second-order valence-electron chi connectivity index (χ2n) is 7.97. The molecular weight excluding hydrogens is 352 g/mol. The quantitative estimate of drug-likeness (QED) is 0.164. The van der Waals surface area contributed by atoms with Gasteiger partial charge in [-0.2, -0.15) is 0 Å². The van der Waals surface area contributed by atoms with Gasteiger partial charge in [-0.25, -0.2) is 0 Å². The first-order valence-corrected chi connectivity index (χ1v) is 12.0. The van der Waals surface area contributed by atoms with E-state index in [0.29, 0.717) is 19.6 Å². The van der Waals surface area contributed by atoms with Crippen LogP contribution in [0, 0.1) is 5.92 Å². The summed E-state index contributed by atoms with van der Waals surface area (Å²) in [6.45, 7) is 7.44. The zero-order valence-electron chi connectivity index (χ0n) is 18.9. The normalized spacial score (nSPS) is 12.0. The van der Waals surface area contributed by atoms with Crippen molar-refractivity contribution in [1.82, 2.24) is 0 Å². The minimum atomic E-state index is -0.350. The number of hydrogen-bond acceptors (Lipinski definition) is 4. The van der Waals surface area contributed by atoms with Crippen molar-refractivity contribution in [2.45, 2.75) is 124 Å². The largest absolute Gasteiger partial charge is 0.466 e. The van der Waals surface area contributed by atoms with Crippen molar-refractivity contribution < 1.29 is 19.1 Å². The number of unbranched alkanes of at least 4 members (excludes halogenated alkanes) is 11. The lowest BCUT2D eigenvalue weighted by Gasteiger charge is -2.15. The van der Waals surface area contributed by atoms with Gasteiger partial charge in [0.25, 0.3) is 0 Å². The molecule has 166 valence electrons. The average Bonchev–Trinajstić information content (AvgIpc) is 2.69. The van der Waals surface area contributed by atoms with Gasteiger partial charge in [-0.3, -0.25) is 9.59 Å². The third-order valence-electron chi connectivity index (χ3n) is 5.16. The summed E-state index contributed by atoms with van der Waals surface area (Å²) in [6, 6.07) is 0. The molecule has 0 heterocycles. The van der Waals surface area contributed by atoms with E-state index in [0.717, 1.165) is 38.5 Å². The fourth-order valence-electron chi connectivity index (χ4n) is 3.26. The van der Waals surface area contributed by atoms with E-state index in [4.69, 9.17) is 9.47 Å². The fraction of sp³-hybridized carbons (Fsp3) is 0.917. The van der Waals surface area contributed by atoms with Gasteiger partial charge in [0.2, 0.25) is 0 Å². The van der Waals surface area contributed by atoms with Crippen LogP contribution in [-0.2, 0) is 19.1 Å². The Labute approximate surface area is 174 Å². The van der Waals surface area contributed by atoms with Crippen LogP contribution < -0.4 is 0 Å². The zero-order valence-corrected chi connectivity index (χ0v) is 18.9. The lowest BCUT2D eigenvalue weighted by Crippen LogP contribution is -2.23. The van der Waals surface area contributed by atoms with E-state index in [1.54, 1.807) is 0 Å². The first-order valence-electron chi connectivity index (χ1n) is 12.0. The fourth-order valence-corrected chi connectivity index (χ4v) is 3.26. The second-order valence-corrected chi connectivity index (χ2v) is 7.97. The molecule has 4 nitrogen and oxygen atoms in total. The van der Waals surface area contributed by atoms with Crippen LogP contribution in [0.3, 0.4) is 0 Å². The molecule has 0 radical (unpaired) electrons. The van der Waals surface area contributed by atoms with Gasteiger partial charge < -0.3 is 9.47 Å². The number of esters is 2. The molecule has 0 aliphatic rings. The molecule has 0 aromatic carbocycles. The molecule has 0 spiro atoms. The molecule has 0 N–H and O–H groups in total. The van der Waals surface area contributed by atoms with Gasteiger partial charge >= 0.3 is 11.9 Å². The van der Waals surface area contributed by atoms with Gasteiger partial charge in [-0.1, -0.05) is 97.8 Å². The summed E-state index contributed by atoms with van der Waals surface area (Å²) in [5, 5.41) is 0. The summed E-state index contributed by atoms with van der Waals surface area (Å²) in [5.41, 5.74) is 0. The van der Waals surface area contributed by atoms with Crippen molar-refractivity contribution in [2.24, 2.45) is 5.92 Å². The van der Waals surface area contributed by atoms with E-state index < -0.39 is 0 Å². The van der Waals surface area contributed by atoms with E-state index in [2.05, 4.69) is 20.8 Å². The van der Waals surface area contributed by atoms with E-state index >= 15 is 0 Å². The smallest absolute Gasteiger partial charge is 0.309 e. The molecule has 0 aliphatic carbocycles. The number of carbonyl (C=O) groups is 2. The Hall–Kier alpha value is -1.06. The van der Waals surface area contributed by atoms with Crippen molar-refractivity contribution in [3.05, 3.63) is 0 Å². The minimum absolute atomic E-state index is 0.158. The summed E-state index contributed by atoms with van der Waals surface area (Å²) in [6.07, 6.45) is 16.8. The first-order chi connectivity index (χ1) is 13.7. The molecular formula is C24H46O4. The van der Waals surface area contributed by atoms with Gasteiger partial charge in [0.1, 0.15) is 0 Å². The van der Waals surface area contributed by atoms with Gasteiger partial charge in [0, 0.05) is 0 Å². The molecule has 0 aromatic heterocycles. The van der Waals surface area contributed by atoms with E-state index in [1.807, 2.05) is 0 Å². The van der Waals surface area contributed by atoms with Gasteiger partial charge in [-0.15, -0.1) is 0 Å². The Morgan fingerprint density at radius 1 is 0.607 bits per heavy atom. The third-order valence-corrected chi connectivity index (χ3v) is 5.16. The van der Waals surface area contributed by atoms with Crippen molar-refractivity contribution in [3.8, 4) is 0 Å². The lowest BCUT2D eigenvalue weighted by molar-refractivity contribution is -0.155. The molecule has 0 saturated heterocycles. The SMILES string of the molecule is CCCCCCCCOC(=O)CC(CCCC)C(=O)OCCCCCCCC. The minimum Gasteiger partial charge on any atom is -0.466 e. The summed E-state index contributed by atoms with van der Waals surface area (Å²) in [4.78, 5) is 24.5. The number of ether oxygens (including phenoxy) is 2. The molecule has 28 heavy (non-hydrogen) atoms. The van der Waals surface area contributed by atoms with Crippen LogP contribution in [0.25, 0.3) is 0 Å². The van der Waals surface area contributed by atoms with Crippen LogP contribution in [0.4, 0.5) is 0 Å². The summed E-state index contributed by atoms with van der Waals surface area (Å²) in [7, 11) is 0. The summed E-state index contributed by atoms with van der Waals surface area (Å²) >= 11 is 0. The molecule has 0 saturated carbocycles. The molecule has 1 unspecified atom stereocenters. The first kappa shape index (κ1) is 26.9. The Bertz CT molecular complexity index is 368. The van der Waals surface area contributed by atoms with Gasteiger partial charge in [0.15, 0.2) is 0 Å². The maximum Gasteiger partial charge on any atom is 0.309 e. The average molecular weight is 399 g/mol. The predicted molar refractivity (Wildman–Crippen MR) is 116 cm³/mol. The Morgan fingerprint density at radius 2 is 1.07 bits per heavy atom. The molecule has 0 rings (SSSR count). The van der Waals surface area contributed by atoms with Crippen LogP contribution in [0.1, 0.15) is 124 Å². The topological polar surface area (TPSA) is 52.6 Å². The highest BCUT2D eigenvalue weighted by atomic mass is 16.5. The van der Waals surface area contributed by atoms with E-state index in [-0.39, 0.29) is 24.3 Å². The van der Waals surface area contributed by atoms with Crippen molar-refractivity contribution >= 4 is 11.9 Å². The summed E-state index contributed by atoms with van der Waals surface area (Å²) in [5.74, 6) is -0.832. The van der Waals surface area contributed by atoms with Crippen LogP contribution in [0.15, 0.2) is 0 Å². The molecule has 1 atom stereocenters. The number of hydrogen-bond donors (Lipinski definition) is 0. The monoisotopic (exact) mass is 398 g/mol. The molecule has 4 heteroatoms. The highest BCUT2D eigenvalue weighted by Crippen LogP contribution is 2.17. The van der Waals surface area contributed by atoms with Crippen molar-refractivity contribution in [2.75, 3.05) is 13.2 Å². The predicted octanol–water partition coefficient (Wildman–Crippen LogP) is 6.99. The Kier molecular flexibility index (Phi) is 19.9. The third kappa shape index (κ3) is 17.1. The van der Waals surface area contributed by atoms with Crippen molar-refractivity contribution in [3.63, 3.8) is 0 Å². The molecule has 0 fully saturated rings. The van der Waals surface area contributed by atoms with Gasteiger partial charge in [0.05, 0.1) is 25.6 Å². The van der Waals surface area contributed by atoms with Crippen LogP contribution >= 0.6 is 0 Å². The van der Waals surface area contributed by atoms with E-state index in [9.17, 15) is 9.59 Å². The number of carbonyl (C=O) groups excluding carboxylic acids is 2. The number of rotatable bonds is 20. The maximum absolute atomic E-state index is 12.4.